The Morgan fingerprint density at radius 1 is 1.24 bits per heavy atom. The molecule has 1 aromatic carbocycles. The Bertz CT molecular complexity index is 788. The van der Waals surface area contributed by atoms with Crippen molar-refractivity contribution in [2.75, 3.05) is 13.1 Å². The first-order valence-electron chi connectivity index (χ1n) is 8.71. The monoisotopic (exact) mass is 340 g/mol. The molecule has 1 aliphatic rings. The van der Waals surface area contributed by atoms with Crippen molar-refractivity contribution in [2.24, 2.45) is 11.7 Å². The van der Waals surface area contributed by atoms with Gasteiger partial charge in [0.15, 0.2) is 0 Å². The molecule has 2 aromatic rings. The molecule has 6 nitrogen and oxygen atoms in total. The summed E-state index contributed by atoms with van der Waals surface area (Å²) < 4.78 is 1.25. The number of rotatable bonds is 4. The van der Waals surface area contributed by atoms with Gasteiger partial charge in [0.25, 0.3) is 5.56 Å². The number of carbonyl (C=O) groups is 1. The fourth-order valence-corrected chi connectivity index (χ4v) is 3.35. The number of amides is 1. The summed E-state index contributed by atoms with van der Waals surface area (Å²) in [6.07, 6.45) is 1.88. The zero-order valence-corrected chi connectivity index (χ0v) is 14.5. The normalized spacial score (nSPS) is 20.5. The first-order valence-corrected chi connectivity index (χ1v) is 8.71. The highest BCUT2D eigenvalue weighted by Gasteiger charge is 2.29. The predicted octanol–water partition coefficient (Wildman–Crippen LogP) is 1.50. The second kappa shape index (κ2) is 7.61. The molecule has 0 spiro atoms. The number of carbonyl (C=O) groups excluding carboxylic acids is 1. The van der Waals surface area contributed by atoms with E-state index in [1.807, 2.05) is 35.2 Å². The number of likely N-dealkylation sites (tertiary alicyclic amines) is 1. The minimum absolute atomic E-state index is 0.0456. The van der Waals surface area contributed by atoms with Gasteiger partial charge in [-0.25, -0.2) is 4.68 Å². The molecule has 2 heterocycles. The SMILES string of the molecule is CC1CCN(C(=O)Cn2nc(-c3ccccc3)ccc2=O)C(CN)C1. The van der Waals surface area contributed by atoms with Crippen molar-refractivity contribution in [1.82, 2.24) is 14.7 Å². The van der Waals surface area contributed by atoms with Crippen LogP contribution in [0.1, 0.15) is 19.8 Å². The molecule has 0 saturated carbocycles. The topological polar surface area (TPSA) is 81.2 Å². The van der Waals surface area contributed by atoms with Crippen molar-refractivity contribution in [2.45, 2.75) is 32.4 Å². The minimum atomic E-state index is -0.275. The van der Waals surface area contributed by atoms with Gasteiger partial charge in [-0.05, 0) is 24.8 Å². The number of nitrogens with two attached hydrogens (primary N) is 1. The van der Waals surface area contributed by atoms with E-state index in [4.69, 9.17) is 5.73 Å². The molecule has 25 heavy (non-hydrogen) atoms. The highest BCUT2D eigenvalue weighted by atomic mass is 16.2. The first kappa shape index (κ1) is 17.4. The Labute approximate surface area is 147 Å². The van der Waals surface area contributed by atoms with Gasteiger partial charge in [0.2, 0.25) is 5.91 Å². The van der Waals surface area contributed by atoms with Gasteiger partial charge in [-0.2, -0.15) is 5.10 Å². The molecule has 1 fully saturated rings. The van der Waals surface area contributed by atoms with E-state index in [1.54, 1.807) is 6.07 Å². The van der Waals surface area contributed by atoms with Crippen molar-refractivity contribution in [3.63, 3.8) is 0 Å². The van der Waals surface area contributed by atoms with Gasteiger partial charge in [-0.3, -0.25) is 9.59 Å². The number of piperidine rings is 1. The van der Waals surface area contributed by atoms with Crippen LogP contribution in [0.15, 0.2) is 47.3 Å². The van der Waals surface area contributed by atoms with Gasteiger partial charge < -0.3 is 10.6 Å². The average Bonchev–Trinajstić information content (AvgIpc) is 2.64. The lowest BCUT2D eigenvalue weighted by molar-refractivity contribution is -0.136. The van der Waals surface area contributed by atoms with Gasteiger partial charge in [0.05, 0.1) is 5.69 Å². The second-order valence-electron chi connectivity index (χ2n) is 6.69. The molecule has 0 bridgehead atoms. The van der Waals surface area contributed by atoms with Gasteiger partial charge in [0.1, 0.15) is 6.54 Å². The van der Waals surface area contributed by atoms with Gasteiger partial charge in [0, 0.05) is 30.8 Å². The third kappa shape index (κ3) is 3.96. The summed E-state index contributed by atoms with van der Waals surface area (Å²) in [6, 6.07) is 12.8. The van der Waals surface area contributed by atoms with E-state index >= 15 is 0 Å². The molecular formula is C19H24N4O2. The molecule has 6 heteroatoms. The maximum absolute atomic E-state index is 12.7. The lowest BCUT2D eigenvalue weighted by Crippen LogP contribution is -2.50. The van der Waals surface area contributed by atoms with Crippen LogP contribution in [0, 0.1) is 5.92 Å². The number of hydrogen-bond acceptors (Lipinski definition) is 4. The minimum Gasteiger partial charge on any atom is -0.337 e. The zero-order valence-electron chi connectivity index (χ0n) is 14.5. The van der Waals surface area contributed by atoms with Crippen molar-refractivity contribution in [3.05, 3.63) is 52.8 Å². The Kier molecular flexibility index (Phi) is 5.28. The van der Waals surface area contributed by atoms with Crippen LogP contribution in [0.4, 0.5) is 0 Å². The first-order chi connectivity index (χ1) is 12.1. The lowest BCUT2D eigenvalue weighted by atomic mass is 9.92. The summed E-state index contributed by atoms with van der Waals surface area (Å²) in [5.74, 6) is 0.474. The van der Waals surface area contributed by atoms with Crippen LogP contribution in [-0.4, -0.2) is 39.7 Å². The van der Waals surface area contributed by atoms with E-state index < -0.39 is 0 Å². The summed E-state index contributed by atoms with van der Waals surface area (Å²) >= 11 is 0. The zero-order chi connectivity index (χ0) is 17.8. The Morgan fingerprint density at radius 2 is 2.00 bits per heavy atom. The quantitative estimate of drug-likeness (QED) is 0.914. The summed E-state index contributed by atoms with van der Waals surface area (Å²) in [5.41, 5.74) is 7.15. The highest BCUT2D eigenvalue weighted by Crippen LogP contribution is 2.22. The molecule has 1 aliphatic heterocycles. The molecule has 0 radical (unpaired) electrons. The van der Waals surface area contributed by atoms with Crippen LogP contribution in [0.3, 0.4) is 0 Å². The standard InChI is InChI=1S/C19H24N4O2/c1-14-9-10-22(16(11-14)12-20)19(25)13-23-18(24)8-7-17(21-23)15-5-3-2-4-6-15/h2-8,14,16H,9-13,20H2,1H3. The van der Waals surface area contributed by atoms with Crippen molar-refractivity contribution in [1.29, 1.82) is 0 Å². The molecule has 1 amide bonds. The third-order valence-electron chi connectivity index (χ3n) is 4.79. The lowest BCUT2D eigenvalue weighted by Gasteiger charge is -2.38. The fourth-order valence-electron chi connectivity index (χ4n) is 3.35. The van der Waals surface area contributed by atoms with E-state index in [0.29, 0.717) is 24.7 Å². The van der Waals surface area contributed by atoms with Crippen molar-refractivity contribution < 1.29 is 4.79 Å². The van der Waals surface area contributed by atoms with Crippen molar-refractivity contribution >= 4 is 5.91 Å². The largest absolute Gasteiger partial charge is 0.337 e. The summed E-state index contributed by atoms with van der Waals surface area (Å²) in [4.78, 5) is 26.7. The Hall–Kier alpha value is -2.47. The third-order valence-corrected chi connectivity index (χ3v) is 4.79. The van der Waals surface area contributed by atoms with Crippen LogP contribution in [0.25, 0.3) is 11.3 Å². The summed E-state index contributed by atoms with van der Waals surface area (Å²) in [5, 5.41) is 4.37. The second-order valence-corrected chi connectivity index (χ2v) is 6.69. The Morgan fingerprint density at radius 3 is 2.72 bits per heavy atom. The smallest absolute Gasteiger partial charge is 0.267 e. The van der Waals surface area contributed by atoms with Gasteiger partial charge in [-0.1, -0.05) is 37.3 Å². The van der Waals surface area contributed by atoms with Crippen LogP contribution in [0.5, 0.6) is 0 Å². The maximum atomic E-state index is 12.7. The van der Waals surface area contributed by atoms with Crippen LogP contribution in [0.2, 0.25) is 0 Å². The van der Waals surface area contributed by atoms with Crippen molar-refractivity contribution in [3.8, 4) is 11.3 Å². The van der Waals surface area contributed by atoms with E-state index in [9.17, 15) is 9.59 Å². The predicted molar refractivity (Wildman–Crippen MR) is 96.9 cm³/mol. The molecule has 1 saturated heterocycles. The summed E-state index contributed by atoms with van der Waals surface area (Å²) in [7, 11) is 0. The van der Waals surface area contributed by atoms with Crippen LogP contribution < -0.4 is 11.3 Å². The number of aromatic nitrogens is 2. The highest BCUT2D eigenvalue weighted by molar-refractivity contribution is 5.76. The van der Waals surface area contributed by atoms with E-state index in [0.717, 1.165) is 18.4 Å². The average molecular weight is 340 g/mol. The van der Waals surface area contributed by atoms with Crippen LogP contribution in [-0.2, 0) is 11.3 Å². The molecule has 2 unspecified atom stereocenters. The van der Waals surface area contributed by atoms with E-state index in [2.05, 4.69) is 12.0 Å². The molecule has 1 aromatic heterocycles. The number of benzene rings is 1. The number of nitrogens with zero attached hydrogens (tertiary/aromatic N) is 3. The number of hydrogen-bond donors (Lipinski definition) is 1. The van der Waals surface area contributed by atoms with Gasteiger partial charge in [-0.15, -0.1) is 0 Å². The maximum Gasteiger partial charge on any atom is 0.267 e. The Balaban J connectivity index is 1.80. The molecule has 2 atom stereocenters. The summed E-state index contributed by atoms with van der Waals surface area (Å²) in [6.45, 7) is 3.27. The molecule has 3 rings (SSSR count). The molecular weight excluding hydrogens is 316 g/mol. The van der Waals surface area contributed by atoms with E-state index in [1.165, 1.54) is 10.7 Å². The van der Waals surface area contributed by atoms with Crippen LogP contribution >= 0.6 is 0 Å². The molecule has 132 valence electrons. The molecule has 2 N–H and O–H groups in total. The fraction of sp³-hybridized carbons (Fsp3) is 0.421. The van der Waals surface area contributed by atoms with E-state index in [-0.39, 0.29) is 24.1 Å². The van der Waals surface area contributed by atoms with Gasteiger partial charge >= 0.3 is 0 Å². The molecule has 0 aliphatic carbocycles.